The zero-order valence-corrected chi connectivity index (χ0v) is 21.1. The van der Waals surface area contributed by atoms with Crippen molar-refractivity contribution in [2.24, 2.45) is 4.99 Å². The average molecular weight is 501 g/mol. The van der Waals surface area contributed by atoms with Crippen LogP contribution in [0.15, 0.2) is 71.9 Å². The maximum atomic E-state index is 12.8. The van der Waals surface area contributed by atoms with Gasteiger partial charge in [-0.25, -0.2) is 19.9 Å². The number of methoxy groups -OCH3 is 1. The fraction of sp³-hybridized carbons (Fsp3) is 0.250. The Morgan fingerprint density at radius 2 is 1.84 bits per heavy atom. The first-order valence-corrected chi connectivity index (χ1v) is 11.4. The number of hydrogen-bond acceptors (Lipinski definition) is 7. The molecule has 0 bridgehead atoms. The van der Waals surface area contributed by atoms with E-state index in [1.54, 1.807) is 39.0 Å². The van der Waals surface area contributed by atoms with Gasteiger partial charge < -0.3 is 14.6 Å². The number of benzene rings is 2. The van der Waals surface area contributed by atoms with Crippen LogP contribution in [-0.4, -0.2) is 40.7 Å². The Morgan fingerprint density at radius 1 is 1.11 bits per heavy atom. The molecule has 3 rings (SSSR count). The number of Topliss-reactive ketones (excluding diaryl/α,β-unsaturated/α-hetero) is 1. The number of amidine groups is 1. The Kier molecular flexibility index (Phi) is 8.59. The molecule has 190 valence electrons. The number of phenolic OH excluding ortho intramolecular Hbond substituents is 1. The van der Waals surface area contributed by atoms with Gasteiger partial charge >= 0.3 is 6.09 Å². The molecule has 0 aliphatic carbocycles. The van der Waals surface area contributed by atoms with E-state index in [1.807, 2.05) is 24.3 Å². The molecular formula is C28H28N4O5. The third-order valence-electron chi connectivity index (χ3n) is 5.05. The second-order valence-corrected chi connectivity index (χ2v) is 9.12. The summed E-state index contributed by atoms with van der Waals surface area (Å²) >= 11 is 0. The topological polar surface area (TPSA) is 114 Å². The minimum Gasteiger partial charge on any atom is -0.508 e. The number of aromatic hydroxyl groups is 1. The number of rotatable bonds is 6. The summed E-state index contributed by atoms with van der Waals surface area (Å²) in [5.41, 5.74) is 2.12. The molecule has 0 saturated carbocycles. The summed E-state index contributed by atoms with van der Waals surface area (Å²) in [6, 6.07) is 16.2. The van der Waals surface area contributed by atoms with Gasteiger partial charge in [0.25, 0.3) is 6.02 Å². The molecule has 3 aromatic rings. The van der Waals surface area contributed by atoms with E-state index < -0.39 is 17.7 Å². The van der Waals surface area contributed by atoms with Gasteiger partial charge in [0, 0.05) is 12.6 Å². The lowest BCUT2D eigenvalue weighted by Crippen LogP contribution is -2.37. The zero-order chi connectivity index (χ0) is 27.0. The van der Waals surface area contributed by atoms with Crippen LogP contribution >= 0.6 is 0 Å². The van der Waals surface area contributed by atoms with Gasteiger partial charge in [0.1, 0.15) is 23.1 Å². The molecular weight excluding hydrogens is 472 g/mol. The van der Waals surface area contributed by atoms with Gasteiger partial charge in [-0.2, -0.15) is 0 Å². The van der Waals surface area contributed by atoms with Crippen LogP contribution in [0, 0.1) is 6.57 Å². The maximum absolute atomic E-state index is 12.8. The molecule has 2 N–H and O–H groups in total. The summed E-state index contributed by atoms with van der Waals surface area (Å²) in [5.74, 6) is -0.0936. The van der Waals surface area contributed by atoms with E-state index in [0.717, 1.165) is 16.7 Å². The van der Waals surface area contributed by atoms with Gasteiger partial charge in [-0.15, -0.1) is 0 Å². The van der Waals surface area contributed by atoms with Crippen molar-refractivity contribution in [3.05, 3.63) is 101 Å². The second kappa shape index (κ2) is 11.8. The zero-order valence-electron chi connectivity index (χ0n) is 21.1. The lowest BCUT2D eigenvalue weighted by Gasteiger charge is -2.21. The summed E-state index contributed by atoms with van der Waals surface area (Å²) < 4.78 is 10.6. The number of nitrogens with zero attached hydrogens (tertiary/aromatic N) is 3. The van der Waals surface area contributed by atoms with Crippen LogP contribution in [0.3, 0.4) is 0 Å². The molecule has 1 aromatic heterocycles. The Morgan fingerprint density at radius 3 is 2.43 bits per heavy atom. The molecule has 1 unspecified atom stereocenters. The van der Waals surface area contributed by atoms with E-state index in [9.17, 15) is 14.7 Å². The first kappa shape index (κ1) is 26.9. The van der Waals surface area contributed by atoms with Crippen molar-refractivity contribution in [3.8, 4) is 5.75 Å². The van der Waals surface area contributed by atoms with Gasteiger partial charge in [-0.05, 0) is 55.7 Å². The summed E-state index contributed by atoms with van der Waals surface area (Å²) in [6.07, 6.45) is 0.752. The molecule has 9 nitrogen and oxygen atoms in total. The van der Waals surface area contributed by atoms with Crippen LogP contribution in [0.5, 0.6) is 5.75 Å². The third-order valence-corrected chi connectivity index (χ3v) is 5.05. The standard InChI is InChI=1S/C28H28N4O5/c1-28(2,3)37-27(35)32-26(36-5)31-25(19-9-12-22(33)13-10-19)20-8-6-7-18(15-20)16-24(34)23-14-11-21(29-4)17-30-23/h6-15,17,25,33H,16H2,1-3,5H3,(H,31,32,35). The fourth-order valence-corrected chi connectivity index (χ4v) is 3.41. The molecule has 1 amide bonds. The van der Waals surface area contributed by atoms with Gasteiger partial charge in [-0.1, -0.05) is 42.5 Å². The molecule has 0 aliphatic rings. The molecule has 0 spiro atoms. The highest BCUT2D eigenvalue weighted by Gasteiger charge is 2.21. The Hall–Kier alpha value is -4.71. The van der Waals surface area contributed by atoms with Crippen molar-refractivity contribution >= 4 is 23.6 Å². The summed E-state index contributed by atoms with van der Waals surface area (Å²) in [7, 11) is 1.38. The number of nitrogens with one attached hydrogen (secondary N) is 1. The molecule has 0 radical (unpaired) electrons. The summed E-state index contributed by atoms with van der Waals surface area (Å²) in [6.45, 7) is 12.3. The minimum absolute atomic E-state index is 0.0575. The van der Waals surface area contributed by atoms with Crippen LogP contribution in [0.4, 0.5) is 10.5 Å². The van der Waals surface area contributed by atoms with Crippen molar-refractivity contribution in [3.63, 3.8) is 0 Å². The van der Waals surface area contributed by atoms with Crippen LogP contribution < -0.4 is 5.32 Å². The average Bonchev–Trinajstić information content (AvgIpc) is 2.86. The van der Waals surface area contributed by atoms with Crippen LogP contribution in [0.2, 0.25) is 0 Å². The number of aliphatic imine (C=N–C) groups is 1. The minimum atomic E-state index is -0.714. The molecule has 2 aromatic carbocycles. The number of phenols is 1. The predicted molar refractivity (Wildman–Crippen MR) is 139 cm³/mol. The van der Waals surface area contributed by atoms with E-state index in [2.05, 4.69) is 20.1 Å². The first-order valence-electron chi connectivity index (χ1n) is 11.4. The van der Waals surface area contributed by atoms with Gasteiger partial charge in [0.05, 0.1) is 13.7 Å². The lowest BCUT2D eigenvalue weighted by molar-refractivity contribution is 0.0551. The van der Waals surface area contributed by atoms with E-state index >= 15 is 0 Å². The quantitative estimate of drug-likeness (QED) is 0.203. The van der Waals surface area contributed by atoms with Crippen molar-refractivity contribution in [2.75, 3.05) is 7.11 Å². The molecule has 37 heavy (non-hydrogen) atoms. The third kappa shape index (κ3) is 7.90. The fourth-order valence-electron chi connectivity index (χ4n) is 3.41. The van der Waals surface area contributed by atoms with Crippen LogP contribution in [0.25, 0.3) is 4.85 Å². The van der Waals surface area contributed by atoms with Gasteiger partial charge in [0.2, 0.25) is 5.69 Å². The normalized spacial score (nSPS) is 12.2. The van der Waals surface area contributed by atoms with E-state index in [0.29, 0.717) is 5.69 Å². The van der Waals surface area contributed by atoms with Crippen molar-refractivity contribution in [2.45, 2.75) is 38.8 Å². The highest BCUT2D eigenvalue weighted by atomic mass is 16.6. The largest absolute Gasteiger partial charge is 0.508 e. The number of carbonyl (C=O) groups excluding carboxylic acids is 2. The molecule has 0 saturated heterocycles. The number of amides is 1. The van der Waals surface area contributed by atoms with Crippen molar-refractivity contribution < 1.29 is 24.2 Å². The molecule has 0 fully saturated rings. The SMILES string of the molecule is [C-]#[N+]c1ccc(C(=O)Cc2cccc(C(N=C(NC(=O)OC(C)(C)C)OC)c3ccc(O)cc3)c2)nc1. The number of aromatic nitrogens is 1. The molecule has 0 aliphatic heterocycles. The summed E-state index contributed by atoms with van der Waals surface area (Å²) in [5, 5.41) is 12.3. The Labute approximate surface area is 215 Å². The number of pyridine rings is 1. The number of hydrogen-bond donors (Lipinski definition) is 2. The van der Waals surface area contributed by atoms with Crippen molar-refractivity contribution in [1.29, 1.82) is 0 Å². The molecule has 1 heterocycles. The second-order valence-electron chi connectivity index (χ2n) is 9.12. The molecule has 9 heteroatoms. The Balaban J connectivity index is 1.92. The maximum Gasteiger partial charge on any atom is 0.415 e. The number of alkyl carbamates (subject to hydrolysis) is 1. The van der Waals surface area contributed by atoms with Crippen molar-refractivity contribution in [1.82, 2.24) is 10.3 Å². The van der Waals surface area contributed by atoms with Crippen LogP contribution in [-0.2, 0) is 15.9 Å². The smallest absolute Gasteiger partial charge is 0.415 e. The van der Waals surface area contributed by atoms with E-state index in [-0.39, 0.29) is 29.7 Å². The van der Waals surface area contributed by atoms with E-state index in [4.69, 9.17) is 16.0 Å². The predicted octanol–water partition coefficient (Wildman–Crippen LogP) is 5.38. The number of ether oxygens (including phenoxy) is 2. The first-order chi connectivity index (χ1) is 17.6. The Bertz CT molecular complexity index is 1320. The number of ketones is 1. The highest BCUT2D eigenvalue weighted by molar-refractivity contribution is 5.96. The monoisotopic (exact) mass is 500 g/mol. The highest BCUT2D eigenvalue weighted by Crippen LogP contribution is 2.29. The van der Waals surface area contributed by atoms with Gasteiger partial charge in [-0.3, -0.25) is 9.78 Å². The van der Waals surface area contributed by atoms with E-state index in [1.165, 1.54) is 31.5 Å². The number of carbonyl (C=O) groups is 2. The van der Waals surface area contributed by atoms with Crippen LogP contribution in [0.1, 0.15) is 54.0 Å². The lowest BCUT2D eigenvalue weighted by atomic mass is 9.96. The molecule has 1 atom stereocenters. The van der Waals surface area contributed by atoms with Gasteiger partial charge in [0.15, 0.2) is 5.78 Å². The summed E-state index contributed by atoms with van der Waals surface area (Å²) in [4.78, 5) is 37.1.